The van der Waals surface area contributed by atoms with Crippen LogP contribution in [0.4, 0.5) is 11.9 Å². The minimum Gasteiger partial charge on any atom is -0.424 e. The van der Waals surface area contributed by atoms with Crippen LogP contribution in [0.25, 0.3) is 0 Å². The molecule has 112 valence electrons. The van der Waals surface area contributed by atoms with E-state index < -0.39 is 0 Å². The lowest BCUT2D eigenvalue weighted by molar-refractivity contribution is 0.184. The molecule has 0 amide bonds. The van der Waals surface area contributed by atoms with E-state index in [2.05, 4.69) is 20.3 Å². The van der Waals surface area contributed by atoms with E-state index in [1.165, 1.54) is 0 Å². The summed E-state index contributed by atoms with van der Waals surface area (Å²) < 4.78 is 10.8. The number of hydrogen-bond acceptors (Lipinski definition) is 7. The summed E-state index contributed by atoms with van der Waals surface area (Å²) in [6.07, 6.45) is 0. The highest BCUT2D eigenvalue weighted by Gasteiger charge is 2.09. The van der Waals surface area contributed by atoms with Gasteiger partial charge in [-0.05, 0) is 17.7 Å². The molecule has 0 saturated carbocycles. The SMILES string of the molecule is CNc1nc(Oc2cccc(COC)c2)nc(N(C)C)n1. The zero-order valence-electron chi connectivity index (χ0n) is 12.6. The molecule has 0 fully saturated rings. The molecular weight excluding hydrogens is 270 g/mol. The summed E-state index contributed by atoms with van der Waals surface area (Å²) in [5.74, 6) is 1.64. The minimum atomic E-state index is 0.243. The van der Waals surface area contributed by atoms with Gasteiger partial charge in [0.15, 0.2) is 0 Å². The quantitative estimate of drug-likeness (QED) is 0.871. The molecule has 0 aliphatic heterocycles. The molecule has 1 aromatic heterocycles. The van der Waals surface area contributed by atoms with E-state index in [0.717, 1.165) is 5.56 Å². The Morgan fingerprint density at radius 2 is 2.00 bits per heavy atom. The van der Waals surface area contributed by atoms with Crippen molar-refractivity contribution in [3.8, 4) is 11.8 Å². The van der Waals surface area contributed by atoms with Gasteiger partial charge in [-0.2, -0.15) is 15.0 Å². The Balaban J connectivity index is 2.26. The molecular formula is C14H19N5O2. The van der Waals surface area contributed by atoms with Gasteiger partial charge in [-0.15, -0.1) is 0 Å². The highest BCUT2D eigenvalue weighted by Crippen LogP contribution is 2.21. The molecule has 21 heavy (non-hydrogen) atoms. The van der Waals surface area contributed by atoms with Gasteiger partial charge >= 0.3 is 6.01 Å². The van der Waals surface area contributed by atoms with E-state index in [1.54, 1.807) is 19.1 Å². The fourth-order valence-electron chi connectivity index (χ4n) is 1.67. The van der Waals surface area contributed by atoms with E-state index in [-0.39, 0.29) is 6.01 Å². The van der Waals surface area contributed by atoms with Crippen LogP contribution in [0.3, 0.4) is 0 Å². The first-order valence-electron chi connectivity index (χ1n) is 6.49. The monoisotopic (exact) mass is 289 g/mol. The molecule has 0 spiro atoms. The van der Waals surface area contributed by atoms with Crippen molar-refractivity contribution in [1.29, 1.82) is 0 Å². The van der Waals surface area contributed by atoms with Crippen LogP contribution >= 0.6 is 0 Å². The number of hydrogen-bond donors (Lipinski definition) is 1. The zero-order valence-corrected chi connectivity index (χ0v) is 12.6. The second kappa shape index (κ2) is 6.85. The minimum absolute atomic E-state index is 0.243. The van der Waals surface area contributed by atoms with Crippen molar-refractivity contribution in [2.45, 2.75) is 6.61 Å². The summed E-state index contributed by atoms with van der Waals surface area (Å²) in [5.41, 5.74) is 1.02. The van der Waals surface area contributed by atoms with Gasteiger partial charge in [0.2, 0.25) is 11.9 Å². The van der Waals surface area contributed by atoms with Crippen LogP contribution in [-0.4, -0.2) is 43.2 Å². The summed E-state index contributed by atoms with van der Waals surface area (Å²) in [7, 11) is 7.12. The van der Waals surface area contributed by atoms with Gasteiger partial charge < -0.3 is 19.7 Å². The standard InChI is InChI=1S/C14H19N5O2/c1-15-12-16-13(19(2)3)18-14(17-12)21-11-7-5-6-10(8-11)9-20-4/h5-8H,9H2,1-4H3,(H,15,16,17,18). The number of nitrogens with one attached hydrogen (secondary N) is 1. The zero-order chi connectivity index (χ0) is 15.2. The van der Waals surface area contributed by atoms with Crippen molar-refractivity contribution in [3.05, 3.63) is 29.8 Å². The fraction of sp³-hybridized carbons (Fsp3) is 0.357. The maximum atomic E-state index is 5.71. The van der Waals surface area contributed by atoms with Crippen molar-refractivity contribution >= 4 is 11.9 Å². The van der Waals surface area contributed by atoms with Crippen LogP contribution in [0.15, 0.2) is 24.3 Å². The maximum absolute atomic E-state index is 5.71. The van der Waals surface area contributed by atoms with Crippen molar-refractivity contribution < 1.29 is 9.47 Å². The van der Waals surface area contributed by atoms with Crippen LogP contribution in [0.1, 0.15) is 5.56 Å². The number of methoxy groups -OCH3 is 1. The highest BCUT2D eigenvalue weighted by molar-refractivity contribution is 5.38. The van der Waals surface area contributed by atoms with Crippen molar-refractivity contribution in [3.63, 3.8) is 0 Å². The number of aromatic nitrogens is 3. The predicted octanol–water partition coefficient (Wildman–Crippen LogP) is 1.92. The molecule has 2 aromatic rings. The maximum Gasteiger partial charge on any atom is 0.328 e. The Morgan fingerprint density at radius 1 is 1.19 bits per heavy atom. The van der Waals surface area contributed by atoms with Gasteiger partial charge in [0.25, 0.3) is 0 Å². The Morgan fingerprint density at radius 3 is 2.67 bits per heavy atom. The Labute approximate surface area is 124 Å². The number of ether oxygens (including phenoxy) is 2. The largest absolute Gasteiger partial charge is 0.424 e. The summed E-state index contributed by atoms with van der Waals surface area (Å²) in [6.45, 7) is 0.527. The highest BCUT2D eigenvalue weighted by atomic mass is 16.5. The number of rotatable bonds is 6. The molecule has 0 saturated heterocycles. The molecule has 0 unspecified atom stereocenters. The molecule has 1 heterocycles. The third kappa shape index (κ3) is 4.03. The summed E-state index contributed by atoms with van der Waals surface area (Å²) >= 11 is 0. The lowest BCUT2D eigenvalue weighted by Crippen LogP contribution is -2.15. The molecule has 7 nitrogen and oxygen atoms in total. The number of anilines is 2. The second-order valence-corrected chi connectivity index (χ2v) is 4.57. The summed E-state index contributed by atoms with van der Waals surface area (Å²) in [5, 5.41) is 2.89. The van der Waals surface area contributed by atoms with Gasteiger partial charge in [-0.1, -0.05) is 12.1 Å². The first-order valence-corrected chi connectivity index (χ1v) is 6.49. The van der Waals surface area contributed by atoms with Crippen LogP contribution < -0.4 is 15.0 Å². The predicted molar refractivity (Wildman–Crippen MR) is 80.9 cm³/mol. The normalized spacial score (nSPS) is 10.3. The van der Waals surface area contributed by atoms with E-state index in [0.29, 0.717) is 24.3 Å². The van der Waals surface area contributed by atoms with Gasteiger partial charge in [0.05, 0.1) is 6.61 Å². The molecule has 7 heteroatoms. The first-order chi connectivity index (χ1) is 10.1. The van der Waals surface area contributed by atoms with E-state index >= 15 is 0 Å². The van der Waals surface area contributed by atoms with E-state index in [1.807, 2.05) is 38.4 Å². The molecule has 1 aromatic carbocycles. The van der Waals surface area contributed by atoms with Crippen LogP contribution in [0.5, 0.6) is 11.8 Å². The second-order valence-electron chi connectivity index (χ2n) is 4.57. The third-order valence-electron chi connectivity index (χ3n) is 2.65. The van der Waals surface area contributed by atoms with Gasteiger partial charge in [0.1, 0.15) is 5.75 Å². The van der Waals surface area contributed by atoms with Gasteiger partial charge in [-0.25, -0.2) is 0 Å². The molecule has 0 atom stereocenters. The lowest BCUT2D eigenvalue weighted by Gasteiger charge is -2.12. The Bertz CT molecular complexity index is 604. The number of benzene rings is 1. The molecule has 0 radical (unpaired) electrons. The Hall–Kier alpha value is -2.41. The van der Waals surface area contributed by atoms with Crippen molar-refractivity contribution in [2.75, 3.05) is 38.5 Å². The lowest BCUT2D eigenvalue weighted by atomic mass is 10.2. The average Bonchev–Trinajstić information content (AvgIpc) is 2.47. The summed E-state index contributed by atoms with van der Waals surface area (Å²) in [4.78, 5) is 14.5. The molecule has 0 aliphatic rings. The topological polar surface area (TPSA) is 72.4 Å². The number of nitrogens with zero attached hydrogens (tertiary/aromatic N) is 4. The van der Waals surface area contributed by atoms with E-state index in [9.17, 15) is 0 Å². The first kappa shape index (κ1) is 15.0. The van der Waals surface area contributed by atoms with E-state index in [4.69, 9.17) is 9.47 Å². The summed E-state index contributed by atoms with van der Waals surface area (Å²) in [6, 6.07) is 7.84. The van der Waals surface area contributed by atoms with Crippen LogP contribution in [-0.2, 0) is 11.3 Å². The molecule has 0 aliphatic carbocycles. The Kier molecular flexibility index (Phi) is 4.89. The van der Waals surface area contributed by atoms with Gasteiger partial charge in [-0.3, -0.25) is 0 Å². The molecule has 2 rings (SSSR count). The van der Waals surface area contributed by atoms with Crippen molar-refractivity contribution in [2.24, 2.45) is 0 Å². The third-order valence-corrected chi connectivity index (χ3v) is 2.65. The molecule has 1 N–H and O–H groups in total. The average molecular weight is 289 g/mol. The van der Waals surface area contributed by atoms with Crippen molar-refractivity contribution in [1.82, 2.24) is 15.0 Å². The molecule has 0 bridgehead atoms. The fourth-order valence-corrected chi connectivity index (χ4v) is 1.67. The van der Waals surface area contributed by atoms with Gasteiger partial charge in [0, 0.05) is 28.3 Å². The smallest absolute Gasteiger partial charge is 0.328 e. The van der Waals surface area contributed by atoms with Crippen LogP contribution in [0.2, 0.25) is 0 Å². The van der Waals surface area contributed by atoms with Crippen LogP contribution in [0, 0.1) is 0 Å².